The quantitative estimate of drug-likeness (QED) is 0.112. The van der Waals surface area contributed by atoms with Gasteiger partial charge in [-0.2, -0.15) is 8.61 Å². The highest BCUT2D eigenvalue weighted by atomic mass is 79.9. The second-order valence-electron chi connectivity index (χ2n) is 15.7. The lowest BCUT2D eigenvalue weighted by Gasteiger charge is -2.33. The molecule has 0 unspecified atom stereocenters. The van der Waals surface area contributed by atoms with E-state index in [0.717, 1.165) is 45.6 Å². The fourth-order valence-electron chi connectivity index (χ4n) is 7.59. The summed E-state index contributed by atoms with van der Waals surface area (Å²) in [7, 11) is -6.93. The standard InChI is InChI=1S/2C23H26BrN3O2S2/c1-17-4-3-5-20(18(17)2)14-21-16-30-23(25-21)26-10-12-27(13-11-26)31(28,29)22-8-6-19(15-24)7-9-22;1-17-4-3-5-18(2)22(17)14-20-16-30-23(25-20)26-10-12-27(13-11-26)31(28,29)21-8-6-19(15-24)7-9-21/h2*3-9,16H,10-15H2,1-2H3. The van der Waals surface area contributed by atoms with Crippen molar-refractivity contribution in [1.29, 1.82) is 0 Å². The number of piperazine rings is 2. The van der Waals surface area contributed by atoms with Gasteiger partial charge in [0.2, 0.25) is 20.0 Å². The second kappa shape index (κ2) is 20.6. The van der Waals surface area contributed by atoms with Crippen LogP contribution in [0, 0.1) is 27.7 Å². The summed E-state index contributed by atoms with van der Waals surface area (Å²) in [6, 6.07) is 26.9. The SMILES string of the molecule is Cc1cccc(C)c1Cc1csc(N2CCN(S(=O)(=O)c3ccc(CBr)cc3)CC2)n1.Cc1cccc(Cc2csc(N3CCN(S(=O)(=O)c4ccc(CBr)cc4)CC3)n2)c1C. The molecule has 6 aromatic rings. The molecule has 0 N–H and O–H groups in total. The van der Waals surface area contributed by atoms with E-state index in [4.69, 9.17) is 9.97 Å². The van der Waals surface area contributed by atoms with E-state index in [1.807, 2.05) is 24.3 Å². The first-order chi connectivity index (χ1) is 29.8. The summed E-state index contributed by atoms with van der Waals surface area (Å²) >= 11 is 10.1. The van der Waals surface area contributed by atoms with E-state index in [-0.39, 0.29) is 0 Å². The molecule has 4 heterocycles. The number of anilines is 2. The van der Waals surface area contributed by atoms with Gasteiger partial charge in [-0.25, -0.2) is 26.8 Å². The minimum absolute atomic E-state index is 0.357. The number of nitrogens with zero attached hydrogens (tertiary/aromatic N) is 6. The molecule has 62 heavy (non-hydrogen) atoms. The van der Waals surface area contributed by atoms with Crippen molar-refractivity contribution in [3.05, 3.63) is 152 Å². The van der Waals surface area contributed by atoms with Gasteiger partial charge >= 0.3 is 0 Å². The zero-order chi connectivity index (χ0) is 44.0. The van der Waals surface area contributed by atoms with Gasteiger partial charge < -0.3 is 9.80 Å². The fraction of sp³-hybridized carbons (Fsp3) is 0.348. The van der Waals surface area contributed by atoms with E-state index in [0.29, 0.717) is 72.8 Å². The van der Waals surface area contributed by atoms with Gasteiger partial charge in [-0.15, -0.1) is 22.7 Å². The molecule has 16 heteroatoms. The molecule has 2 fully saturated rings. The van der Waals surface area contributed by atoms with Crippen molar-refractivity contribution in [2.24, 2.45) is 0 Å². The molecule has 0 amide bonds. The minimum Gasteiger partial charge on any atom is -0.345 e. The van der Waals surface area contributed by atoms with Crippen molar-refractivity contribution in [1.82, 2.24) is 18.6 Å². The highest BCUT2D eigenvalue weighted by Crippen LogP contribution is 2.29. The van der Waals surface area contributed by atoms with Crippen LogP contribution in [0.15, 0.2) is 105 Å². The molecule has 8 rings (SSSR count). The van der Waals surface area contributed by atoms with Gasteiger partial charge in [-0.1, -0.05) is 92.5 Å². The monoisotopic (exact) mass is 1040 g/mol. The van der Waals surface area contributed by atoms with Crippen molar-refractivity contribution in [2.45, 2.75) is 61.0 Å². The van der Waals surface area contributed by atoms with Gasteiger partial charge in [0.1, 0.15) is 0 Å². The number of rotatable bonds is 12. The second-order valence-corrected chi connectivity index (χ2v) is 22.3. The number of hydrogen-bond acceptors (Lipinski definition) is 10. The lowest BCUT2D eigenvalue weighted by atomic mass is 9.99. The van der Waals surface area contributed by atoms with Crippen LogP contribution in [0.2, 0.25) is 0 Å². The number of sulfonamides is 2. The summed E-state index contributed by atoms with van der Waals surface area (Å²) in [5, 5.41) is 7.61. The number of halogens is 2. The predicted octanol–water partition coefficient (Wildman–Crippen LogP) is 9.51. The van der Waals surface area contributed by atoms with Crippen LogP contribution in [-0.2, 0) is 43.5 Å². The third kappa shape index (κ3) is 10.9. The van der Waals surface area contributed by atoms with Gasteiger partial charge in [-0.05, 0) is 96.5 Å². The summed E-state index contributed by atoms with van der Waals surface area (Å²) in [6.07, 6.45) is 1.65. The molecule has 10 nitrogen and oxygen atoms in total. The van der Waals surface area contributed by atoms with E-state index in [9.17, 15) is 16.8 Å². The third-order valence-electron chi connectivity index (χ3n) is 11.6. The predicted molar refractivity (Wildman–Crippen MR) is 262 cm³/mol. The van der Waals surface area contributed by atoms with Gasteiger partial charge in [0.25, 0.3) is 0 Å². The summed E-state index contributed by atoms with van der Waals surface area (Å²) in [4.78, 5) is 14.8. The van der Waals surface area contributed by atoms with E-state index in [1.165, 1.54) is 33.4 Å². The maximum Gasteiger partial charge on any atom is 0.243 e. The molecule has 2 aromatic heterocycles. The third-order valence-corrected chi connectivity index (χ3v) is 18.6. The maximum absolute atomic E-state index is 13.0. The van der Waals surface area contributed by atoms with E-state index < -0.39 is 20.0 Å². The van der Waals surface area contributed by atoms with Crippen LogP contribution in [0.3, 0.4) is 0 Å². The molecule has 0 aliphatic carbocycles. The molecular weight excluding hydrogens is 989 g/mol. The Morgan fingerprint density at radius 2 is 0.935 bits per heavy atom. The molecule has 0 atom stereocenters. The number of alkyl halides is 2. The minimum atomic E-state index is -3.46. The first-order valence-corrected chi connectivity index (χ1v) is 27.4. The first kappa shape index (κ1) is 46.5. The van der Waals surface area contributed by atoms with Crippen molar-refractivity contribution in [3.63, 3.8) is 0 Å². The Labute approximate surface area is 392 Å². The summed E-state index contributed by atoms with van der Waals surface area (Å²) in [5.41, 5.74) is 12.1. The summed E-state index contributed by atoms with van der Waals surface area (Å²) < 4.78 is 55.1. The smallest absolute Gasteiger partial charge is 0.243 e. The van der Waals surface area contributed by atoms with Crippen molar-refractivity contribution in [2.75, 3.05) is 62.2 Å². The zero-order valence-corrected chi connectivity index (χ0v) is 41.9. The molecule has 0 saturated carbocycles. The molecule has 2 saturated heterocycles. The van der Waals surface area contributed by atoms with E-state index in [2.05, 4.69) is 117 Å². The number of aromatic nitrogens is 2. The highest BCUT2D eigenvalue weighted by Gasteiger charge is 2.31. The van der Waals surface area contributed by atoms with Crippen LogP contribution in [-0.4, -0.2) is 87.8 Å². The zero-order valence-electron chi connectivity index (χ0n) is 35.4. The Balaban J connectivity index is 0.000000186. The average molecular weight is 1040 g/mol. The average Bonchev–Trinajstić information content (AvgIpc) is 3.97. The first-order valence-electron chi connectivity index (χ1n) is 20.6. The topological polar surface area (TPSA) is 107 Å². The van der Waals surface area contributed by atoms with Gasteiger partial charge in [0.15, 0.2) is 10.3 Å². The van der Waals surface area contributed by atoms with Gasteiger partial charge in [0, 0.05) is 86.6 Å². The Kier molecular flexibility index (Phi) is 15.4. The lowest BCUT2D eigenvalue weighted by Crippen LogP contribution is -2.48. The number of aryl methyl sites for hydroxylation is 3. The van der Waals surface area contributed by atoms with Crippen LogP contribution in [0.1, 0.15) is 55.9 Å². The number of benzene rings is 4. The molecule has 0 radical (unpaired) electrons. The Bertz CT molecular complexity index is 2650. The Morgan fingerprint density at radius 1 is 0.532 bits per heavy atom. The molecule has 0 spiro atoms. The van der Waals surface area contributed by atoms with Crippen LogP contribution in [0.4, 0.5) is 10.3 Å². The lowest BCUT2D eigenvalue weighted by molar-refractivity contribution is 0.384. The van der Waals surface area contributed by atoms with Crippen LogP contribution >= 0.6 is 54.5 Å². The number of hydrogen-bond donors (Lipinski definition) is 0. The molecule has 2 aliphatic rings. The fourth-order valence-corrected chi connectivity index (χ4v) is 12.9. The molecule has 328 valence electrons. The van der Waals surface area contributed by atoms with Crippen molar-refractivity contribution in [3.8, 4) is 0 Å². The van der Waals surface area contributed by atoms with Crippen LogP contribution in [0.25, 0.3) is 0 Å². The van der Waals surface area contributed by atoms with Gasteiger partial charge in [0.05, 0.1) is 21.2 Å². The normalized spacial score (nSPS) is 15.4. The van der Waals surface area contributed by atoms with Crippen molar-refractivity contribution >= 4 is 84.8 Å². The maximum atomic E-state index is 13.0. The van der Waals surface area contributed by atoms with Crippen LogP contribution < -0.4 is 9.80 Å². The summed E-state index contributed by atoms with van der Waals surface area (Å²) in [6.45, 7) is 13.0. The number of thiazole rings is 2. The summed E-state index contributed by atoms with van der Waals surface area (Å²) in [5.74, 6) is 0. The largest absolute Gasteiger partial charge is 0.345 e. The molecule has 0 bridgehead atoms. The van der Waals surface area contributed by atoms with Crippen LogP contribution in [0.5, 0.6) is 0 Å². The molecule has 2 aliphatic heterocycles. The molecule has 4 aromatic carbocycles. The Hall–Kier alpha value is -3.48. The van der Waals surface area contributed by atoms with E-state index in [1.54, 1.807) is 55.5 Å². The van der Waals surface area contributed by atoms with E-state index >= 15 is 0 Å². The Morgan fingerprint density at radius 3 is 1.37 bits per heavy atom. The van der Waals surface area contributed by atoms with Gasteiger partial charge in [-0.3, -0.25) is 0 Å². The highest BCUT2D eigenvalue weighted by molar-refractivity contribution is 9.08. The van der Waals surface area contributed by atoms with Crippen molar-refractivity contribution < 1.29 is 16.8 Å². The molecular formula is C46H52Br2N6O4S4.